The smallest absolute Gasteiger partial charge is 0.138 e. The van der Waals surface area contributed by atoms with E-state index in [2.05, 4.69) is 28.6 Å². The molecule has 0 aromatic heterocycles. The zero-order valence-corrected chi connectivity index (χ0v) is 11.4. The lowest BCUT2D eigenvalue weighted by atomic mass is 9.99. The molecule has 16 heavy (non-hydrogen) atoms. The molecule has 2 aliphatic heterocycles. The molecule has 0 fully saturated rings. The van der Waals surface area contributed by atoms with Gasteiger partial charge in [-0.15, -0.1) is 12.6 Å². The van der Waals surface area contributed by atoms with Gasteiger partial charge < -0.3 is 9.47 Å². The van der Waals surface area contributed by atoms with Gasteiger partial charge in [-0.3, -0.25) is 0 Å². The molecule has 1 aromatic rings. The fourth-order valence-electron chi connectivity index (χ4n) is 2.36. The number of hydrogen-bond donors (Lipinski definition) is 1. The van der Waals surface area contributed by atoms with Gasteiger partial charge in [0, 0.05) is 11.1 Å². The maximum atomic E-state index is 5.75. The molecule has 1 aromatic carbocycles. The molecule has 4 heteroatoms. The minimum absolute atomic E-state index is 0.798. The van der Waals surface area contributed by atoms with E-state index in [1.807, 2.05) is 0 Å². The highest BCUT2D eigenvalue weighted by molar-refractivity contribution is 9.10. The first-order valence-corrected chi connectivity index (χ1v) is 6.85. The van der Waals surface area contributed by atoms with E-state index in [1.54, 1.807) is 0 Å². The summed E-state index contributed by atoms with van der Waals surface area (Å²) in [6, 6.07) is 0. The molecule has 0 atom stereocenters. The van der Waals surface area contributed by atoms with E-state index in [0.717, 1.165) is 59.8 Å². The third kappa shape index (κ3) is 1.54. The fraction of sp³-hybridized carbons (Fsp3) is 0.500. The van der Waals surface area contributed by atoms with Gasteiger partial charge in [-0.05, 0) is 41.6 Å². The Kier molecular flexibility index (Phi) is 2.80. The number of rotatable bonds is 0. The van der Waals surface area contributed by atoms with E-state index in [4.69, 9.17) is 9.47 Å². The van der Waals surface area contributed by atoms with Gasteiger partial charge in [0.1, 0.15) is 11.5 Å². The quantitative estimate of drug-likeness (QED) is 0.741. The second-order valence-electron chi connectivity index (χ2n) is 4.18. The third-order valence-corrected chi connectivity index (χ3v) is 4.46. The summed E-state index contributed by atoms with van der Waals surface area (Å²) >= 11 is 8.26. The van der Waals surface area contributed by atoms with Gasteiger partial charge in [0.2, 0.25) is 0 Å². The zero-order valence-electron chi connectivity index (χ0n) is 8.88. The summed E-state index contributed by atoms with van der Waals surface area (Å²) in [5.41, 5.74) is 2.42. The lowest BCUT2D eigenvalue weighted by Gasteiger charge is -2.27. The van der Waals surface area contributed by atoms with Crippen LogP contribution in [0.3, 0.4) is 0 Å². The van der Waals surface area contributed by atoms with Gasteiger partial charge in [-0.25, -0.2) is 0 Å². The van der Waals surface area contributed by atoms with Crippen LogP contribution in [0.5, 0.6) is 11.5 Å². The summed E-state index contributed by atoms with van der Waals surface area (Å²) in [6.07, 6.45) is 4.20. The van der Waals surface area contributed by atoms with Gasteiger partial charge in [0.05, 0.1) is 22.6 Å². The zero-order chi connectivity index (χ0) is 11.1. The number of benzene rings is 1. The second kappa shape index (κ2) is 4.15. The van der Waals surface area contributed by atoms with Gasteiger partial charge >= 0.3 is 0 Å². The number of fused-ring (bicyclic) bond motifs is 2. The van der Waals surface area contributed by atoms with Crippen molar-refractivity contribution in [2.75, 3.05) is 13.2 Å². The molecular weight excluding hydrogens is 288 g/mol. The predicted octanol–water partition coefficient (Wildman–Crippen LogP) is 3.39. The third-order valence-electron chi connectivity index (χ3n) is 3.15. The molecule has 0 amide bonds. The Morgan fingerprint density at radius 3 is 2.31 bits per heavy atom. The first-order valence-electron chi connectivity index (χ1n) is 5.61. The van der Waals surface area contributed by atoms with E-state index in [-0.39, 0.29) is 0 Å². The van der Waals surface area contributed by atoms with Crippen LogP contribution in [0, 0.1) is 0 Å². The molecular formula is C12H13BrO2S. The van der Waals surface area contributed by atoms with Crippen LogP contribution in [0.15, 0.2) is 9.37 Å². The molecule has 2 nitrogen and oxygen atoms in total. The maximum absolute atomic E-state index is 5.75. The highest BCUT2D eigenvalue weighted by Gasteiger charge is 2.26. The van der Waals surface area contributed by atoms with Crippen molar-refractivity contribution in [3.63, 3.8) is 0 Å². The summed E-state index contributed by atoms with van der Waals surface area (Å²) in [5, 5.41) is 0. The van der Waals surface area contributed by atoms with Crippen molar-refractivity contribution >= 4 is 28.6 Å². The van der Waals surface area contributed by atoms with Crippen LogP contribution in [0.25, 0.3) is 0 Å². The monoisotopic (exact) mass is 300 g/mol. The van der Waals surface area contributed by atoms with Crippen LogP contribution < -0.4 is 9.47 Å². The second-order valence-corrected chi connectivity index (χ2v) is 5.42. The van der Waals surface area contributed by atoms with Crippen molar-refractivity contribution in [2.45, 2.75) is 30.6 Å². The summed E-state index contributed by atoms with van der Waals surface area (Å²) in [4.78, 5) is 0.979. The molecule has 3 rings (SSSR count). The fourth-order valence-corrected chi connectivity index (χ4v) is 3.51. The minimum atomic E-state index is 0.798. The Balaban J connectivity index is 2.24. The Morgan fingerprint density at radius 2 is 1.56 bits per heavy atom. The lowest BCUT2D eigenvalue weighted by molar-refractivity contribution is 0.263. The SMILES string of the molecule is Sc1c2c(c(Br)c3c1OCCC3)OCCC2. The molecule has 0 N–H and O–H groups in total. The Labute approximate surface area is 109 Å². The highest BCUT2D eigenvalue weighted by Crippen LogP contribution is 2.47. The van der Waals surface area contributed by atoms with Gasteiger partial charge in [-0.2, -0.15) is 0 Å². The average molecular weight is 301 g/mol. The van der Waals surface area contributed by atoms with Crippen molar-refractivity contribution in [2.24, 2.45) is 0 Å². The van der Waals surface area contributed by atoms with Crippen molar-refractivity contribution in [1.82, 2.24) is 0 Å². The molecule has 0 saturated heterocycles. The molecule has 0 saturated carbocycles. The molecule has 0 aliphatic carbocycles. The van der Waals surface area contributed by atoms with Gasteiger partial charge in [0.25, 0.3) is 0 Å². The summed E-state index contributed by atoms with van der Waals surface area (Å²) < 4.78 is 12.6. The Morgan fingerprint density at radius 1 is 0.938 bits per heavy atom. The Hall–Kier alpha value is -0.350. The largest absolute Gasteiger partial charge is 0.492 e. The van der Waals surface area contributed by atoms with Crippen molar-refractivity contribution in [3.05, 3.63) is 15.6 Å². The molecule has 0 spiro atoms. The lowest BCUT2D eigenvalue weighted by Crippen LogP contribution is -2.15. The molecule has 0 radical (unpaired) electrons. The van der Waals surface area contributed by atoms with Crippen LogP contribution in [-0.4, -0.2) is 13.2 Å². The van der Waals surface area contributed by atoms with Gasteiger partial charge in [-0.1, -0.05) is 0 Å². The van der Waals surface area contributed by atoms with Crippen molar-refractivity contribution in [1.29, 1.82) is 0 Å². The van der Waals surface area contributed by atoms with Crippen LogP contribution in [-0.2, 0) is 12.8 Å². The number of hydrogen-bond acceptors (Lipinski definition) is 3. The maximum Gasteiger partial charge on any atom is 0.138 e. The topological polar surface area (TPSA) is 18.5 Å². The van der Waals surface area contributed by atoms with Crippen LogP contribution in [0.2, 0.25) is 0 Å². The van der Waals surface area contributed by atoms with E-state index in [1.165, 1.54) is 11.1 Å². The summed E-state index contributed by atoms with van der Waals surface area (Å²) in [6.45, 7) is 1.60. The highest BCUT2D eigenvalue weighted by atomic mass is 79.9. The Bertz CT molecular complexity index is 367. The molecule has 2 aliphatic rings. The summed E-state index contributed by atoms with van der Waals surface area (Å²) in [5.74, 6) is 1.95. The molecule has 0 unspecified atom stereocenters. The van der Waals surface area contributed by atoms with E-state index >= 15 is 0 Å². The van der Waals surface area contributed by atoms with Crippen LogP contribution >= 0.6 is 28.6 Å². The standard InChI is InChI=1S/C12H13BrO2S/c13-9-7-3-1-6-15-11(7)12(16)8-4-2-5-14-10(8)9/h16H,1-6H2. The number of halogens is 1. The van der Waals surface area contributed by atoms with Gasteiger partial charge in [0.15, 0.2) is 0 Å². The van der Waals surface area contributed by atoms with Crippen molar-refractivity contribution in [3.8, 4) is 11.5 Å². The van der Waals surface area contributed by atoms with E-state index in [9.17, 15) is 0 Å². The molecule has 2 heterocycles. The van der Waals surface area contributed by atoms with E-state index < -0.39 is 0 Å². The number of thiol groups is 1. The van der Waals surface area contributed by atoms with Crippen molar-refractivity contribution < 1.29 is 9.47 Å². The first-order chi connectivity index (χ1) is 7.79. The summed E-state index contributed by atoms with van der Waals surface area (Å²) in [7, 11) is 0. The predicted molar refractivity (Wildman–Crippen MR) is 69.0 cm³/mol. The van der Waals surface area contributed by atoms with Crippen LogP contribution in [0.1, 0.15) is 24.0 Å². The van der Waals surface area contributed by atoms with Crippen LogP contribution in [0.4, 0.5) is 0 Å². The minimum Gasteiger partial charge on any atom is -0.492 e. The average Bonchev–Trinajstić information content (AvgIpc) is 2.36. The first kappa shape index (κ1) is 10.8. The van der Waals surface area contributed by atoms with E-state index in [0.29, 0.717) is 0 Å². The number of ether oxygens (including phenoxy) is 2. The normalized spacial score (nSPS) is 18.1. The molecule has 86 valence electrons. The molecule has 0 bridgehead atoms.